The summed E-state index contributed by atoms with van der Waals surface area (Å²) in [5.74, 6) is -0.186. The third kappa shape index (κ3) is 3.59. The van der Waals surface area contributed by atoms with Gasteiger partial charge in [0.15, 0.2) is 0 Å². The second-order valence-electron chi connectivity index (χ2n) is 4.11. The highest BCUT2D eigenvalue weighted by molar-refractivity contribution is 7.15. The summed E-state index contributed by atoms with van der Waals surface area (Å²) in [6.45, 7) is 2.50. The molecule has 1 amide bonds. The van der Waals surface area contributed by atoms with E-state index >= 15 is 0 Å². The molecule has 0 unspecified atom stereocenters. The number of carbonyl (C=O) groups excluding carboxylic acids is 1. The first kappa shape index (κ1) is 13.6. The fourth-order valence-corrected chi connectivity index (χ4v) is 2.46. The van der Waals surface area contributed by atoms with Crippen molar-refractivity contribution in [3.8, 4) is 0 Å². The predicted octanol–water partition coefficient (Wildman–Crippen LogP) is 2.20. The van der Waals surface area contributed by atoms with Crippen LogP contribution in [0.1, 0.15) is 34.3 Å². The van der Waals surface area contributed by atoms with Gasteiger partial charge < -0.3 is 5.73 Å². The van der Waals surface area contributed by atoms with Gasteiger partial charge in [-0.1, -0.05) is 30.4 Å². The number of nitrogens with one attached hydrogen (secondary N) is 1. The third-order valence-electron chi connectivity index (χ3n) is 2.58. The van der Waals surface area contributed by atoms with Gasteiger partial charge in [0.2, 0.25) is 5.13 Å². The standard InChI is InChI=1S/C13H16N4OS/c1-2-4-11-16-17-13(19-11)15-12(18)10-6-3-5-9(7-10)8-14/h3,5-7H,2,4,8,14H2,1H3,(H,15,17,18). The lowest BCUT2D eigenvalue weighted by Gasteiger charge is -2.03. The summed E-state index contributed by atoms with van der Waals surface area (Å²) in [7, 11) is 0. The molecule has 6 heteroatoms. The maximum absolute atomic E-state index is 12.0. The highest BCUT2D eigenvalue weighted by Crippen LogP contribution is 2.17. The monoisotopic (exact) mass is 276 g/mol. The van der Waals surface area contributed by atoms with Gasteiger partial charge >= 0.3 is 0 Å². The molecule has 1 aromatic heterocycles. The summed E-state index contributed by atoms with van der Waals surface area (Å²) < 4.78 is 0. The van der Waals surface area contributed by atoms with Crippen molar-refractivity contribution in [3.63, 3.8) is 0 Å². The van der Waals surface area contributed by atoms with Gasteiger partial charge in [0.1, 0.15) is 5.01 Å². The molecule has 19 heavy (non-hydrogen) atoms. The quantitative estimate of drug-likeness (QED) is 0.877. The average Bonchev–Trinajstić information content (AvgIpc) is 2.86. The molecule has 1 aromatic carbocycles. The van der Waals surface area contributed by atoms with Crippen LogP contribution in [-0.4, -0.2) is 16.1 Å². The number of anilines is 1. The van der Waals surface area contributed by atoms with E-state index in [9.17, 15) is 4.79 Å². The Bertz CT molecular complexity index is 567. The number of benzene rings is 1. The SMILES string of the molecule is CCCc1nnc(NC(=O)c2cccc(CN)c2)s1. The second kappa shape index (κ2) is 6.40. The smallest absolute Gasteiger partial charge is 0.257 e. The molecule has 0 aliphatic carbocycles. The van der Waals surface area contributed by atoms with E-state index in [1.165, 1.54) is 11.3 Å². The Morgan fingerprint density at radius 1 is 1.42 bits per heavy atom. The van der Waals surface area contributed by atoms with E-state index in [2.05, 4.69) is 22.4 Å². The van der Waals surface area contributed by atoms with Gasteiger partial charge in [0.05, 0.1) is 0 Å². The highest BCUT2D eigenvalue weighted by atomic mass is 32.1. The fraction of sp³-hybridized carbons (Fsp3) is 0.308. The molecule has 3 N–H and O–H groups in total. The molecule has 2 rings (SSSR count). The lowest BCUT2D eigenvalue weighted by molar-refractivity contribution is 0.102. The van der Waals surface area contributed by atoms with Crippen LogP contribution in [0.5, 0.6) is 0 Å². The van der Waals surface area contributed by atoms with Crippen LogP contribution in [0.3, 0.4) is 0 Å². The van der Waals surface area contributed by atoms with Crippen molar-refractivity contribution in [1.82, 2.24) is 10.2 Å². The number of carbonyl (C=O) groups is 1. The van der Waals surface area contributed by atoms with Crippen LogP contribution in [0.4, 0.5) is 5.13 Å². The molecular formula is C13H16N4OS. The lowest BCUT2D eigenvalue weighted by Crippen LogP contribution is -2.12. The maximum atomic E-state index is 12.0. The van der Waals surface area contributed by atoms with Crippen LogP contribution in [0.25, 0.3) is 0 Å². The number of rotatable bonds is 5. The van der Waals surface area contributed by atoms with E-state index in [1.807, 2.05) is 12.1 Å². The van der Waals surface area contributed by atoms with Crippen molar-refractivity contribution >= 4 is 22.4 Å². The van der Waals surface area contributed by atoms with Crippen molar-refractivity contribution in [1.29, 1.82) is 0 Å². The van der Waals surface area contributed by atoms with Gasteiger partial charge in [-0.15, -0.1) is 10.2 Å². The molecule has 0 aliphatic heterocycles. The Hall–Kier alpha value is -1.79. The first-order valence-corrected chi connectivity index (χ1v) is 6.97. The molecular weight excluding hydrogens is 260 g/mol. The van der Waals surface area contributed by atoms with Crippen molar-refractivity contribution in [2.75, 3.05) is 5.32 Å². The summed E-state index contributed by atoms with van der Waals surface area (Å²) in [5, 5.41) is 12.2. The van der Waals surface area contributed by atoms with E-state index in [-0.39, 0.29) is 5.91 Å². The molecule has 0 saturated carbocycles. The number of amides is 1. The van der Waals surface area contributed by atoms with Crippen molar-refractivity contribution in [3.05, 3.63) is 40.4 Å². The van der Waals surface area contributed by atoms with Gasteiger partial charge in [0, 0.05) is 18.5 Å². The number of hydrogen-bond donors (Lipinski definition) is 2. The Morgan fingerprint density at radius 2 is 2.26 bits per heavy atom. The number of hydrogen-bond acceptors (Lipinski definition) is 5. The molecule has 0 fully saturated rings. The summed E-state index contributed by atoms with van der Waals surface area (Å²) in [6.07, 6.45) is 1.90. The first-order valence-electron chi connectivity index (χ1n) is 6.15. The minimum absolute atomic E-state index is 0.186. The molecule has 100 valence electrons. The zero-order valence-corrected chi connectivity index (χ0v) is 11.5. The highest BCUT2D eigenvalue weighted by Gasteiger charge is 2.10. The fourth-order valence-electron chi connectivity index (χ4n) is 1.63. The van der Waals surface area contributed by atoms with E-state index in [0.29, 0.717) is 17.2 Å². The molecule has 0 spiro atoms. The normalized spacial score (nSPS) is 10.4. The van der Waals surface area contributed by atoms with E-state index in [1.54, 1.807) is 12.1 Å². The van der Waals surface area contributed by atoms with E-state index in [0.717, 1.165) is 23.4 Å². The summed E-state index contributed by atoms with van der Waals surface area (Å²) in [4.78, 5) is 12.0. The summed E-state index contributed by atoms with van der Waals surface area (Å²) >= 11 is 1.41. The average molecular weight is 276 g/mol. The van der Waals surface area contributed by atoms with Gasteiger partial charge in [0.25, 0.3) is 5.91 Å². The van der Waals surface area contributed by atoms with Crippen LogP contribution >= 0.6 is 11.3 Å². The van der Waals surface area contributed by atoms with Crippen LogP contribution in [-0.2, 0) is 13.0 Å². The number of aryl methyl sites for hydroxylation is 1. The Balaban J connectivity index is 2.06. The summed E-state index contributed by atoms with van der Waals surface area (Å²) in [5.41, 5.74) is 7.06. The number of aromatic nitrogens is 2. The maximum Gasteiger partial charge on any atom is 0.257 e. The molecule has 0 atom stereocenters. The topological polar surface area (TPSA) is 80.9 Å². The zero-order chi connectivity index (χ0) is 13.7. The van der Waals surface area contributed by atoms with Gasteiger partial charge in [-0.2, -0.15) is 0 Å². The Morgan fingerprint density at radius 3 is 3.00 bits per heavy atom. The molecule has 0 radical (unpaired) electrons. The van der Waals surface area contributed by atoms with Crippen LogP contribution in [0.15, 0.2) is 24.3 Å². The van der Waals surface area contributed by atoms with Crippen molar-refractivity contribution in [2.24, 2.45) is 5.73 Å². The largest absolute Gasteiger partial charge is 0.326 e. The van der Waals surface area contributed by atoms with E-state index < -0.39 is 0 Å². The second-order valence-corrected chi connectivity index (χ2v) is 5.17. The minimum Gasteiger partial charge on any atom is -0.326 e. The number of nitrogens with two attached hydrogens (primary N) is 1. The van der Waals surface area contributed by atoms with Crippen molar-refractivity contribution in [2.45, 2.75) is 26.3 Å². The predicted molar refractivity (Wildman–Crippen MR) is 76.2 cm³/mol. The lowest BCUT2D eigenvalue weighted by atomic mass is 10.1. The number of nitrogens with zero attached hydrogens (tertiary/aromatic N) is 2. The third-order valence-corrected chi connectivity index (χ3v) is 3.47. The molecule has 0 bridgehead atoms. The van der Waals surface area contributed by atoms with Crippen LogP contribution in [0, 0.1) is 0 Å². The zero-order valence-electron chi connectivity index (χ0n) is 10.7. The Kier molecular flexibility index (Phi) is 4.59. The summed E-state index contributed by atoms with van der Waals surface area (Å²) in [6, 6.07) is 7.24. The Labute approximate surface area is 115 Å². The van der Waals surface area contributed by atoms with E-state index in [4.69, 9.17) is 5.73 Å². The minimum atomic E-state index is -0.186. The molecule has 5 nitrogen and oxygen atoms in total. The first-order chi connectivity index (χ1) is 9.22. The van der Waals surface area contributed by atoms with Crippen molar-refractivity contribution < 1.29 is 4.79 Å². The molecule has 2 aromatic rings. The van der Waals surface area contributed by atoms with Gasteiger partial charge in [-0.3, -0.25) is 10.1 Å². The van der Waals surface area contributed by atoms with Crippen LogP contribution < -0.4 is 11.1 Å². The molecule has 0 aliphatic rings. The van der Waals surface area contributed by atoms with Gasteiger partial charge in [-0.25, -0.2) is 0 Å². The van der Waals surface area contributed by atoms with Crippen LogP contribution in [0.2, 0.25) is 0 Å². The van der Waals surface area contributed by atoms with Gasteiger partial charge in [-0.05, 0) is 24.1 Å². The molecule has 0 saturated heterocycles. The molecule has 1 heterocycles.